The van der Waals surface area contributed by atoms with Gasteiger partial charge >= 0.3 is 11.9 Å². The average Bonchev–Trinajstić information content (AvgIpc) is 3.30. The van der Waals surface area contributed by atoms with Crippen LogP contribution in [-0.4, -0.2) is 50.3 Å². The Morgan fingerprint density at radius 1 is 1.24 bits per heavy atom. The Balaban J connectivity index is 1.50. The fourth-order valence-electron chi connectivity index (χ4n) is 3.54. The van der Waals surface area contributed by atoms with Crippen molar-refractivity contribution in [3.63, 3.8) is 0 Å². The van der Waals surface area contributed by atoms with Gasteiger partial charge in [0.2, 0.25) is 5.89 Å². The lowest BCUT2D eigenvalue weighted by atomic mass is 9.97. The zero-order valence-corrected chi connectivity index (χ0v) is 11.3. The zero-order chi connectivity index (χ0) is 14.8. The van der Waals surface area contributed by atoms with Crippen molar-refractivity contribution in [1.82, 2.24) is 15.0 Å². The summed E-state index contributed by atoms with van der Waals surface area (Å²) in [5.74, 6) is -0.554. The van der Waals surface area contributed by atoms with Crippen LogP contribution in [0.1, 0.15) is 36.9 Å². The Labute approximate surface area is 119 Å². The van der Waals surface area contributed by atoms with Gasteiger partial charge < -0.3 is 14.7 Å². The summed E-state index contributed by atoms with van der Waals surface area (Å²) >= 11 is 0. The van der Waals surface area contributed by atoms with E-state index in [-0.39, 0.29) is 19.5 Å². The third-order valence-corrected chi connectivity index (χ3v) is 4.98. The van der Waals surface area contributed by atoms with Gasteiger partial charge in [0.15, 0.2) is 5.82 Å². The van der Waals surface area contributed by atoms with Crippen LogP contribution < -0.4 is 0 Å². The lowest BCUT2D eigenvalue weighted by molar-refractivity contribution is -0.151. The fraction of sp³-hybridized carbons (Fsp3) is 0.692. The molecule has 0 unspecified atom stereocenters. The van der Waals surface area contributed by atoms with Gasteiger partial charge in [-0.25, -0.2) is 0 Å². The number of piperidine rings is 1. The van der Waals surface area contributed by atoms with Crippen molar-refractivity contribution < 1.29 is 24.3 Å². The van der Waals surface area contributed by atoms with Crippen molar-refractivity contribution in [2.75, 3.05) is 13.1 Å². The number of hydrogen-bond acceptors (Lipinski definition) is 6. The van der Waals surface area contributed by atoms with E-state index in [4.69, 9.17) is 4.52 Å². The maximum atomic E-state index is 11.4. The Bertz CT molecular complexity index is 612. The van der Waals surface area contributed by atoms with Crippen molar-refractivity contribution in [2.45, 2.75) is 31.7 Å². The second-order valence-electron chi connectivity index (χ2n) is 6.42. The summed E-state index contributed by atoms with van der Waals surface area (Å²) in [6.07, 6.45) is 2.34. The van der Waals surface area contributed by atoms with Crippen LogP contribution in [0.4, 0.5) is 0 Å². The molecule has 2 heterocycles. The molecular formula is C13H15N3O5. The number of nitrogens with zero attached hydrogens (tertiary/aromatic N) is 3. The molecule has 0 spiro atoms. The van der Waals surface area contributed by atoms with E-state index in [0.717, 1.165) is 12.8 Å². The molecule has 0 amide bonds. The number of aromatic nitrogens is 2. The summed E-state index contributed by atoms with van der Waals surface area (Å²) in [5.41, 5.74) is -2.30. The molecule has 3 aliphatic rings. The molecule has 3 fully saturated rings. The minimum Gasteiger partial charge on any atom is -0.481 e. The minimum atomic E-state index is -1.15. The van der Waals surface area contributed by atoms with Gasteiger partial charge in [-0.1, -0.05) is 5.16 Å². The molecular weight excluding hydrogens is 278 g/mol. The van der Waals surface area contributed by atoms with Gasteiger partial charge in [-0.15, -0.1) is 0 Å². The molecule has 1 aromatic rings. The number of aliphatic carboxylic acids is 2. The van der Waals surface area contributed by atoms with Crippen molar-refractivity contribution in [3.05, 3.63) is 11.7 Å². The first-order chi connectivity index (χ1) is 9.97. The molecule has 8 heteroatoms. The number of carbonyl (C=O) groups is 2. The largest absolute Gasteiger partial charge is 0.481 e. The molecule has 2 atom stereocenters. The van der Waals surface area contributed by atoms with E-state index < -0.39 is 22.8 Å². The highest BCUT2D eigenvalue weighted by atomic mass is 16.5. The standard InChI is InChI=1S/C13H15N3O5/c17-10(18)12-4-13(12,11(19)20)6-16(5-12)3-8-14-9(21-15-8)7-1-2-7/h7H,1-6H2,(H,17,18)(H,19,20)/t12-,13+. The predicted octanol–water partition coefficient (Wildman–Crippen LogP) is 0.308. The summed E-state index contributed by atoms with van der Waals surface area (Å²) in [6.45, 7) is 0.782. The van der Waals surface area contributed by atoms with Crippen LogP contribution in [0.25, 0.3) is 0 Å². The normalized spacial score (nSPS) is 34.7. The van der Waals surface area contributed by atoms with Crippen molar-refractivity contribution in [2.24, 2.45) is 10.8 Å². The van der Waals surface area contributed by atoms with Crippen LogP contribution in [0.15, 0.2) is 4.52 Å². The molecule has 1 aromatic heterocycles. The molecule has 1 saturated heterocycles. The highest BCUT2D eigenvalue weighted by Crippen LogP contribution is 2.68. The minimum absolute atomic E-state index is 0.209. The zero-order valence-electron chi connectivity index (χ0n) is 11.3. The fourth-order valence-corrected chi connectivity index (χ4v) is 3.54. The van der Waals surface area contributed by atoms with Gasteiger partial charge in [-0.2, -0.15) is 4.98 Å². The van der Waals surface area contributed by atoms with E-state index >= 15 is 0 Å². The Morgan fingerprint density at radius 2 is 1.86 bits per heavy atom. The third kappa shape index (κ3) is 1.65. The van der Waals surface area contributed by atoms with Gasteiger partial charge in [0.25, 0.3) is 0 Å². The van der Waals surface area contributed by atoms with Crippen LogP contribution in [0.3, 0.4) is 0 Å². The monoisotopic (exact) mass is 293 g/mol. The first-order valence-corrected chi connectivity index (χ1v) is 6.98. The SMILES string of the molecule is O=C(O)[C@@]12CN(Cc3noc(C4CC4)n3)C[C@]1(C(=O)O)C2. The average molecular weight is 293 g/mol. The van der Waals surface area contributed by atoms with Crippen LogP contribution in [0, 0.1) is 10.8 Å². The maximum absolute atomic E-state index is 11.4. The first-order valence-electron chi connectivity index (χ1n) is 6.98. The van der Waals surface area contributed by atoms with E-state index in [0.29, 0.717) is 24.2 Å². The molecule has 0 aromatic carbocycles. The smallest absolute Gasteiger partial charge is 0.312 e. The molecule has 112 valence electrons. The summed E-state index contributed by atoms with van der Waals surface area (Å²) in [7, 11) is 0. The maximum Gasteiger partial charge on any atom is 0.312 e. The molecule has 2 N–H and O–H groups in total. The van der Waals surface area contributed by atoms with E-state index in [9.17, 15) is 19.8 Å². The molecule has 2 aliphatic carbocycles. The van der Waals surface area contributed by atoms with Crippen molar-refractivity contribution in [3.8, 4) is 0 Å². The number of carboxylic acids is 2. The van der Waals surface area contributed by atoms with E-state index in [2.05, 4.69) is 10.1 Å². The summed E-state index contributed by atoms with van der Waals surface area (Å²) in [5, 5.41) is 22.6. The molecule has 0 bridgehead atoms. The van der Waals surface area contributed by atoms with Gasteiger partial charge in [-0.05, 0) is 19.3 Å². The molecule has 21 heavy (non-hydrogen) atoms. The molecule has 8 nitrogen and oxygen atoms in total. The van der Waals surface area contributed by atoms with Gasteiger partial charge in [-0.3, -0.25) is 14.5 Å². The van der Waals surface area contributed by atoms with E-state index in [1.54, 1.807) is 4.90 Å². The quantitative estimate of drug-likeness (QED) is 0.796. The first kappa shape index (κ1) is 12.8. The van der Waals surface area contributed by atoms with Crippen LogP contribution >= 0.6 is 0 Å². The number of rotatable bonds is 5. The molecule has 1 aliphatic heterocycles. The van der Waals surface area contributed by atoms with Gasteiger partial charge in [0, 0.05) is 19.0 Å². The number of carboxylic acid groups (broad SMARTS) is 2. The molecule has 4 rings (SSSR count). The summed E-state index contributed by atoms with van der Waals surface area (Å²) < 4.78 is 5.16. The lowest BCUT2D eigenvalue weighted by Crippen LogP contribution is -2.28. The molecule has 2 saturated carbocycles. The third-order valence-electron chi connectivity index (χ3n) is 4.98. The Kier molecular flexibility index (Phi) is 2.32. The van der Waals surface area contributed by atoms with E-state index in [1.807, 2.05) is 0 Å². The number of likely N-dealkylation sites (tertiary alicyclic amines) is 1. The summed E-state index contributed by atoms with van der Waals surface area (Å²) in [4.78, 5) is 29.0. The highest BCUT2D eigenvalue weighted by Gasteiger charge is 2.80. The van der Waals surface area contributed by atoms with Crippen LogP contribution in [0.5, 0.6) is 0 Å². The Morgan fingerprint density at radius 3 is 2.38 bits per heavy atom. The predicted molar refractivity (Wildman–Crippen MR) is 66.3 cm³/mol. The second kappa shape index (κ2) is 3.82. The second-order valence-corrected chi connectivity index (χ2v) is 6.42. The van der Waals surface area contributed by atoms with E-state index in [1.165, 1.54) is 0 Å². The van der Waals surface area contributed by atoms with Crippen LogP contribution in [0.2, 0.25) is 0 Å². The van der Waals surface area contributed by atoms with Crippen molar-refractivity contribution >= 4 is 11.9 Å². The highest BCUT2D eigenvalue weighted by molar-refractivity contribution is 5.94. The van der Waals surface area contributed by atoms with Crippen molar-refractivity contribution in [1.29, 1.82) is 0 Å². The van der Waals surface area contributed by atoms with Gasteiger partial charge in [0.1, 0.15) is 0 Å². The lowest BCUT2D eigenvalue weighted by Gasteiger charge is -2.17. The topological polar surface area (TPSA) is 117 Å². The van der Waals surface area contributed by atoms with Crippen LogP contribution in [-0.2, 0) is 16.1 Å². The van der Waals surface area contributed by atoms with Gasteiger partial charge in [0.05, 0.1) is 17.4 Å². The molecule has 0 radical (unpaired) electrons. The summed E-state index contributed by atoms with van der Waals surface area (Å²) in [6, 6.07) is 0. The number of hydrogen-bond donors (Lipinski definition) is 2. The Hall–Kier alpha value is -1.96. The number of fused-ring (bicyclic) bond motifs is 1.